The Balaban J connectivity index is 2.34. The first-order chi connectivity index (χ1) is 9.01. The van der Waals surface area contributed by atoms with Crippen LogP contribution >= 0.6 is 0 Å². The molecule has 0 radical (unpaired) electrons. The Labute approximate surface area is 115 Å². The molecule has 0 fully saturated rings. The van der Waals surface area contributed by atoms with E-state index in [9.17, 15) is 0 Å². The SMILES string of the molecule is COc1ccc(Oc2c(C)cc(C)cc2C)cc1C. The van der Waals surface area contributed by atoms with Gasteiger partial charge in [0.1, 0.15) is 17.2 Å². The van der Waals surface area contributed by atoms with Crippen LogP contribution in [0.1, 0.15) is 22.3 Å². The van der Waals surface area contributed by atoms with Gasteiger partial charge in [-0.1, -0.05) is 17.7 Å². The summed E-state index contributed by atoms with van der Waals surface area (Å²) < 4.78 is 11.3. The normalized spacial score (nSPS) is 10.4. The van der Waals surface area contributed by atoms with Crippen LogP contribution < -0.4 is 9.47 Å². The summed E-state index contributed by atoms with van der Waals surface area (Å²) in [5, 5.41) is 0. The summed E-state index contributed by atoms with van der Waals surface area (Å²) in [6, 6.07) is 10.1. The molecule has 0 aliphatic rings. The molecule has 2 aromatic rings. The molecule has 100 valence electrons. The molecule has 2 rings (SSSR count). The molecule has 0 aliphatic heterocycles. The van der Waals surface area contributed by atoms with Crippen molar-refractivity contribution in [2.24, 2.45) is 0 Å². The average molecular weight is 256 g/mol. The summed E-state index contributed by atoms with van der Waals surface area (Å²) in [4.78, 5) is 0. The first-order valence-electron chi connectivity index (χ1n) is 6.41. The van der Waals surface area contributed by atoms with Gasteiger partial charge in [-0.2, -0.15) is 0 Å². The molecule has 0 unspecified atom stereocenters. The fourth-order valence-corrected chi connectivity index (χ4v) is 2.36. The number of methoxy groups -OCH3 is 1. The Hall–Kier alpha value is -1.96. The Bertz CT molecular complexity index is 577. The molecule has 0 atom stereocenters. The number of aryl methyl sites for hydroxylation is 4. The lowest BCUT2D eigenvalue weighted by atomic mass is 10.1. The van der Waals surface area contributed by atoms with Crippen LogP contribution in [0.2, 0.25) is 0 Å². The van der Waals surface area contributed by atoms with Crippen LogP contribution in [0.15, 0.2) is 30.3 Å². The van der Waals surface area contributed by atoms with Crippen LogP contribution in [-0.4, -0.2) is 7.11 Å². The molecule has 0 bridgehead atoms. The fourth-order valence-electron chi connectivity index (χ4n) is 2.36. The highest BCUT2D eigenvalue weighted by atomic mass is 16.5. The molecule has 0 amide bonds. The van der Waals surface area contributed by atoms with Gasteiger partial charge in [-0.3, -0.25) is 0 Å². The Morgan fingerprint density at radius 2 is 1.42 bits per heavy atom. The van der Waals surface area contributed by atoms with Crippen molar-refractivity contribution in [3.8, 4) is 17.2 Å². The van der Waals surface area contributed by atoms with E-state index in [1.54, 1.807) is 7.11 Å². The molecule has 0 aliphatic carbocycles. The number of ether oxygens (including phenoxy) is 2. The van der Waals surface area contributed by atoms with Gasteiger partial charge in [0, 0.05) is 0 Å². The zero-order valence-corrected chi connectivity index (χ0v) is 12.2. The van der Waals surface area contributed by atoms with Gasteiger partial charge < -0.3 is 9.47 Å². The minimum Gasteiger partial charge on any atom is -0.496 e. The predicted octanol–water partition coefficient (Wildman–Crippen LogP) is 4.72. The second kappa shape index (κ2) is 5.35. The van der Waals surface area contributed by atoms with E-state index in [0.29, 0.717) is 0 Å². The van der Waals surface area contributed by atoms with Crippen molar-refractivity contribution in [1.82, 2.24) is 0 Å². The molecule has 2 aromatic carbocycles. The predicted molar refractivity (Wildman–Crippen MR) is 78.5 cm³/mol. The standard InChI is InChI=1S/C17H20O2/c1-11-8-13(3)17(14(4)9-11)19-15-6-7-16(18-5)12(2)10-15/h6-10H,1-5H3. The van der Waals surface area contributed by atoms with E-state index in [1.165, 1.54) is 5.56 Å². The third kappa shape index (κ3) is 2.90. The highest BCUT2D eigenvalue weighted by molar-refractivity contribution is 5.47. The first kappa shape index (κ1) is 13.5. The van der Waals surface area contributed by atoms with E-state index in [0.717, 1.165) is 33.9 Å². The van der Waals surface area contributed by atoms with E-state index in [4.69, 9.17) is 9.47 Å². The number of hydrogen-bond acceptors (Lipinski definition) is 2. The lowest BCUT2D eigenvalue weighted by Gasteiger charge is -2.14. The number of hydrogen-bond donors (Lipinski definition) is 0. The van der Waals surface area contributed by atoms with Crippen molar-refractivity contribution in [2.75, 3.05) is 7.11 Å². The molecule has 19 heavy (non-hydrogen) atoms. The maximum absolute atomic E-state index is 6.02. The Kier molecular flexibility index (Phi) is 3.79. The highest BCUT2D eigenvalue weighted by Gasteiger charge is 2.07. The van der Waals surface area contributed by atoms with Crippen molar-refractivity contribution in [1.29, 1.82) is 0 Å². The van der Waals surface area contributed by atoms with Crippen LogP contribution in [-0.2, 0) is 0 Å². The summed E-state index contributed by atoms with van der Waals surface area (Å²) in [7, 11) is 1.68. The van der Waals surface area contributed by atoms with Gasteiger partial charge in [-0.15, -0.1) is 0 Å². The van der Waals surface area contributed by atoms with Gasteiger partial charge in [-0.25, -0.2) is 0 Å². The van der Waals surface area contributed by atoms with Crippen molar-refractivity contribution >= 4 is 0 Å². The van der Waals surface area contributed by atoms with Gasteiger partial charge in [-0.05, 0) is 62.6 Å². The molecule has 0 N–H and O–H groups in total. The van der Waals surface area contributed by atoms with E-state index < -0.39 is 0 Å². The monoisotopic (exact) mass is 256 g/mol. The molecule has 0 saturated heterocycles. The molecular formula is C17H20O2. The smallest absolute Gasteiger partial charge is 0.133 e. The van der Waals surface area contributed by atoms with Gasteiger partial charge in [0.25, 0.3) is 0 Å². The molecule has 2 heteroatoms. The minimum absolute atomic E-state index is 0.841. The lowest BCUT2D eigenvalue weighted by molar-refractivity contribution is 0.409. The number of rotatable bonds is 3. The second-order valence-corrected chi connectivity index (χ2v) is 4.96. The zero-order chi connectivity index (χ0) is 14.0. The zero-order valence-electron chi connectivity index (χ0n) is 12.2. The third-order valence-electron chi connectivity index (χ3n) is 3.19. The minimum atomic E-state index is 0.841. The molecule has 0 heterocycles. The van der Waals surface area contributed by atoms with Crippen molar-refractivity contribution < 1.29 is 9.47 Å². The Morgan fingerprint density at radius 3 is 1.95 bits per heavy atom. The summed E-state index contributed by atoms with van der Waals surface area (Å²) in [5.74, 6) is 2.66. The van der Waals surface area contributed by atoms with Crippen LogP contribution in [0.25, 0.3) is 0 Å². The van der Waals surface area contributed by atoms with Crippen LogP contribution in [0.4, 0.5) is 0 Å². The largest absolute Gasteiger partial charge is 0.496 e. The van der Waals surface area contributed by atoms with E-state index in [-0.39, 0.29) is 0 Å². The van der Waals surface area contributed by atoms with Gasteiger partial charge in [0.15, 0.2) is 0 Å². The maximum Gasteiger partial charge on any atom is 0.133 e. The third-order valence-corrected chi connectivity index (χ3v) is 3.19. The van der Waals surface area contributed by atoms with Crippen LogP contribution in [0, 0.1) is 27.7 Å². The first-order valence-corrected chi connectivity index (χ1v) is 6.41. The number of benzene rings is 2. The molecule has 0 aromatic heterocycles. The van der Waals surface area contributed by atoms with Gasteiger partial charge >= 0.3 is 0 Å². The average Bonchev–Trinajstić information content (AvgIpc) is 2.34. The summed E-state index contributed by atoms with van der Waals surface area (Å²) >= 11 is 0. The lowest BCUT2D eigenvalue weighted by Crippen LogP contribution is -1.93. The van der Waals surface area contributed by atoms with E-state index in [2.05, 4.69) is 32.9 Å². The van der Waals surface area contributed by atoms with Gasteiger partial charge in [0.2, 0.25) is 0 Å². The molecular weight excluding hydrogens is 236 g/mol. The highest BCUT2D eigenvalue weighted by Crippen LogP contribution is 2.31. The van der Waals surface area contributed by atoms with Crippen LogP contribution in [0.5, 0.6) is 17.2 Å². The van der Waals surface area contributed by atoms with Crippen molar-refractivity contribution in [3.63, 3.8) is 0 Å². The topological polar surface area (TPSA) is 18.5 Å². The molecule has 0 saturated carbocycles. The second-order valence-electron chi connectivity index (χ2n) is 4.96. The molecule has 2 nitrogen and oxygen atoms in total. The van der Waals surface area contributed by atoms with Gasteiger partial charge in [0.05, 0.1) is 7.11 Å². The quantitative estimate of drug-likeness (QED) is 0.791. The summed E-state index contributed by atoms with van der Waals surface area (Å²) in [5.41, 5.74) is 4.65. The summed E-state index contributed by atoms with van der Waals surface area (Å²) in [6.07, 6.45) is 0. The van der Waals surface area contributed by atoms with Crippen LogP contribution in [0.3, 0.4) is 0 Å². The Morgan fingerprint density at radius 1 is 0.789 bits per heavy atom. The van der Waals surface area contributed by atoms with Crippen molar-refractivity contribution in [2.45, 2.75) is 27.7 Å². The fraction of sp³-hybridized carbons (Fsp3) is 0.294. The van der Waals surface area contributed by atoms with E-state index in [1.807, 2.05) is 25.1 Å². The summed E-state index contributed by atoms with van der Waals surface area (Å²) in [6.45, 7) is 8.26. The van der Waals surface area contributed by atoms with E-state index >= 15 is 0 Å². The molecule has 0 spiro atoms. The maximum atomic E-state index is 6.02. The van der Waals surface area contributed by atoms with Crippen molar-refractivity contribution in [3.05, 3.63) is 52.6 Å².